The first-order chi connectivity index (χ1) is 8.67. The van der Waals surface area contributed by atoms with E-state index in [0.717, 1.165) is 11.3 Å². The van der Waals surface area contributed by atoms with E-state index in [9.17, 15) is 4.79 Å². The maximum atomic E-state index is 11.7. The van der Waals surface area contributed by atoms with Crippen LogP contribution in [0, 0.1) is 18.3 Å². The second-order valence-corrected chi connectivity index (χ2v) is 3.98. The highest BCUT2D eigenvalue weighted by atomic mass is 16.5. The van der Waals surface area contributed by atoms with Crippen LogP contribution in [0.3, 0.4) is 0 Å². The molecule has 0 aliphatic heterocycles. The van der Waals surface area contributed by atoms with Gasteiger partial charge in [0.2, 0.25) is 5.91 Å². The molecule has 1 rings (SSSR count). The van der Waals surface area contributed by atoms with Gasteiger partial charge >= 0.3 is 0 Å². The highest BCUT2D eigenvalue weighted by molar-refractivity contribution is 5.76. The Kier molecular flexibility index (Phi) is 5.72. The summed E-state index contributed by atoms with van der Waals surface area (Å²) in [5, 5.41) is 8.58. The van der Waals surface area contributed by atoms with Crippen molar-refractivity contribution in [3.63, 3.8) is 0 Å². The molecular weight excluding hydrogens is 228 g/mol. The van der Waals surface area contributed by atoms with Crippen molar-refractivity contribution in [1.29, 1.82) is 5.26 Å². The normalized spacial score (nSPS) is 9.61. The molecule has 0 N–H and O–H groups in total. The first-order valence-corrected chi connectivity index (χ1v) is 6.01. The third kappa shape index (κ3) is 4.46. The van der Waals surface area contributed by atoms with Crippen LogP contribution in [0.15, 0.2) is 24.3 Å². The average Bonchev–Trinajstić information content (AvgIpc) is 2.36. The van der Waals surface area contributed by atoms with Crippen LogP contribution in [0.25, 0.3) is 0 Å². The minimum absolute atomic E-state index is 0.0493. The van der Waals surface area contributed by atoms with Gasteiger partial charge in [0.25, 0.3) is 0 Å². The molecule has 1 aromatic rings. The molecule has 1 aromatic carbocycles. The molecule has 96 valence electrons. The lowest BCUT2D eigenvalue weighted by atomic mass is 10.2. The molecule has 0 aliphatic rings. The van der Waals surface area contributed by atoms with Gasteiger partial charge in [0.15, 0.2) is 0 Å². The summed E-state index contributed by atoms with van der Waals surface area (Å²) in [6.07, 6.45) is 0.295. The van der Waals surface area contributed by atoms with E-state index in [4.69, 9.17) is 10.00 Å². The molecule has 0 fully saturated rings. The van der Waals surface area contributed by atoms with Crippen molar-refractivity contribution >= 4 is 5.91 Å². The molecule has 0 atom stereocenters. The third-order valence-electron chi connectivity index (χ3n) is 2.57. The number of hydrogen-bond acceptors (Lipinski definition) is 3. The largest absolute Gasteiger partial charge is 0.493 e. The smallest absolute Gasteiger partial charge is 0.226 e. The van der Waals surface area contributed by atoms with E-state index in [1.807, 2.05) is 44.2 Å². The maximum absolute atomic E-state index is 11.7. The molecule has 0 unspecified atom stereocenters. The number of hydrogen-bond donors (Lipinski definition) is 0. The Morgan fingerprint density at radius 3 is 2.89 bits per heavy atom. The zero-order valence-corrected chi connectivity index (χ0v) is 10.8. The van der Waals surface area contributed by atoms with Gasteiger partial charge in [0.1, 0.15) is 12.3 Å². The maximum Gasteiger partial charge on any atom is 0.226 e. The van der Waals surface area contributed by atoms with Crippen LogP contribution < -0.4 is 4.74 Å². The van der Waals surface area contributed by atoms with E-state index in [0.29, 0.717) is 19.6 Å². The Labute approximate surface area is 108 Å². The molecule has 4 heteroatoms. The molecule has 0 spiro atoms. The van der Waals surface area contributed by atoms with Gasteiger partial charge in [-0.15, -0.1) is 0 Å². The molecule has 0 bridgehead atoms. The van der Waals surface area contributed by atoms with E-state index in [2.05, 4.69) is 0 Å². The van der Waals surface area contributed by atoms with Crippen LogP contribution in [0.1, 0.15) is 18.9 Å². The van der Waals surface area contributed by atoms with Gasteiger partial charge in [-0.3, -0.25) is 4.79 Å². The van der Waals surface area contributed by atoms with Crippen LogP contribution in [-0.2, 0) is 4.79 Å². The quantitative estimate of drug-likeness (QED) is 0.722. The fraction of sp³-hybridized carbons (Fsp3) is 0.429. The molecule has 0 radical (unpaired) electrons. The lowest BCUT2D eigenvalue weighted by molar-refractivity contribution is -0.130. The Morgan fingerprint density at radius 2 is 2.28 bits per heavy atom. The number of ether oxygens (including phenoxy) is 1. The van der Waals surface area contributed by atoms with E-state index >= 15 is 0 Å². The number of nitriles is 1. The van der Waals surface area contributed by atoms with Crippen molar-refractivity contribution in [3.05, 3.63) is 29.8 Å². The zero-order valence-electron chi connectivity index (χ0n) is 10.8. The minimum Gasteiger partial charge on any atom is -0.493 e. The van der Waals surface area contributed by atoms with Gasteiger partial charge in [-0.05, 0) is 31.5 Å². The summed E-state index contributed by atoms with van der Waals surface area (Å²) in [6.45, 7) is 4.88. The van der Waals surface area contributed by atoms with E-state index < -0.39 is 0 Å². The Bertz CT molecular complexity index is 438. The van der Waals surface area contributed by atoms with E-state index in [-0.39, 0.29) is 12.5 Å². The number of rotatable bonds is 6. The Morgan fingerprint density at radius 1 is 1.50 bits per heavy atom. The molecule has 18 heavy (non-hydrogen) atoms. The molecule has 0 saturated carbocycles. The molecule has 1 amide bonds. The predicted octanol–water partition coefficient (Wildman–Crippen LogP) is 2.14. The number of carbonyl (C=O) groups is 1. The second kappa shape index (κ2) is 7.33. The second-order valence-electron chi connectivity index (χ2n) is 3.98. The van der Waals surface area contributed by atoms with Gasteiger partial charge < -0.3 is 9.64 Å². The van der Waals surface area contributed by atoms with Crippen molar-refractivity contribution in [1.82, 2.24) is 4.90 Å². The van der Waals surface area contributed by atoms with E-state index in [1.54, 1.807) is 0 Å². The summed E-state index contributed by atoms with van der Waals surface area (Å²) < 4.78 is 5.50. The molecule has 0 aliphatic carbocycles. The molecular formula is C14H18N2O2. The van der Waals surface area contributed by atoms with Crippen molar-refractivity contribution in [2.75, 3.05) is 19.7 Å². The molecule has 0 heterocycles. The molecule has 4 nitrogen and oxygen atoms in total. The topological polar surface area (TPSA) is 53.3 Å². The van der Waals surface area contributed by atoms with Crippen molar-refractivity contribution < 1.29 is 9.53 Å². The van der Waals surface area contributed by atoms with E-state index in [1.165, 1.54) is 4.90 Å². The SMILES string of the molecule is CCN(CC#N)C(=O)CCOc1cccc(C)c1. The summed E-state index contributed by atoms with van der Waals surface area (Å²) in [5.74, 6) is 0.720. The lowest BCUT2D eigenvalue weighted by Gasteiger charge is -2.17. The van der Waals surface area contributed by atoms with Crippen LogP contribution in [0.2, 0.25) is 0 Å². The fourth-order valence-corrected chi connectivity index (χ4v) is 1.58. The summed E-state index contributed by atoms with van der Waals surface area (Å²) in [4.78, 5) is 13.2. The Balaban J connectivity index is 2.37. The summed E-state index contributed by atoms with van der Waals surface area (Å²) in [5.41, 5.74) is 1.12. The highest BCUT2D eigenvalue weighted by Crippen LogP contribution is 2.12. The van der Waals surface area contributed by atoms with Crippen LogP contribution >= 0.6 is 0 Å². The molecule has 0 aromatic heterocycles. The van der Waals surface area contributed by atoms with Gasteiger partial charge in [-0.25, -0.2) is 0 Å². The summed E-state index contributed by atoms with van der Waals surface area (Å²) in [6, 6.07) is 9.68. The number of amides is 1. The van der Waals surface area contributed by atoms with Crippen molar-refractivity contribution in [2.45, 2.75) is 20.3 Å². The first kappa shape index (κ1) is 14.0. The number of benzene rings is 1. The van der Waals surface area contributed by atoms with Gasteiger partial charge in [-0.2, -0.15) is 5.26 Å². The van der Waals surface area contributed by atoms with Crippen LogP contribution in [-0.4, -0.2) is 30.5 Å². The summed E-state index contributed by atoms with van der Waals surface area (Å²) >= 11 is 0. The van der Waals surface area contributed by atoms with Gasteiger partial charge in [-0.1, -0.05) is 12.1 Å². The third-order valence-corrected chi connectivity index (χ3v) is 2.57. The first-order valence-electron chi connectivity index (χ1n) is 6.01. The number of nitrogens with zero attached hydrogens (tertiary/aromatic N) is 2. The van der Waals surface area contributed by atoms with Crippen molar-refractivity contribution in [2.24, 2.45) is 0 Å². The summed E-state index contributed by atoms with van der Waals surface area (Å²) in [7, 11) is 0. The highest BCUT2D eigenvalue weighted by Gasteiger charge is 2.10. The standard InChI is InChI=1S/C14H18N2O2/c1-3-16(9-8-15)14(17)7-10-18-13-6-4-5-12(2)11-13/h4-6,11H,3,7,9-10H2,1-2H3. The van der Waals surface area contributed by atoms with Crippen LogP contribution in [0.4, 0.5) is 0 Å². The van der Waals surface area contributed by atoms with Gasteiger partial charge in [0.05, 0.1) is 19.1 Å². The van der Waals surface area contributed by atoms with Crippen molar-refractivity contribution in [3.8, 4) is 11.8 Å². The number of carbonyl (C=O) groups excluding carboxylic acids is 1. The molecule has 0 saturated heterocycles. The minimum atomic E-state index is -0.0493. The monoisotopic (exact) mass is 246 g/mol. The Hall–Kier alpha value is -2.02. The number of aryl methyl sites for hydroxylation is 1. The lowest BCUT2D eigenvalue weighted by Crippen LogP contribution is -2.32. The predicted molar refractivity (Wildman–Crippen MR) is 69.2 cm³/mol. The average molecular weight is 246 g/mol. The fourth-order valence-electron chi connectivity index (χ4n) is 1.58. The van der Waals surface area contributed by atoms with Crippen LogP contribution in [0.5, 0.6) is 5.75 Å². The van der Waals surface area contributed by atoms with Gasteiger partial charge in [0, 0.05) is 6.54 Å². The zero-order chi connectivity index (χ0) is 13.4.